The van der Waals surface area contributed by atoms with Gasteiger partial charge in [-0.25, -0.2) is 27.9 Å². The van der Waals surface area contributed by atoms with Crippen molar-refractivity contribution in [1.29, 1.82) is 0 Å². The highest BCUT2D eigenvalue weighted by molar-refractivity contribution is 7.89. The minimum Gasteiger partial charge on any atom is -0.488 e. The maximum atomic E-state index is 14.2. The van der Waals surface area contributed by atoms with Crippen molar-refractivity contribution in [2.75, 3.05) is 5.32 Å². The summed E-state index contributed by atoms with van der Waals surface area (Å²) >= 11 is 0. The Hall–Kier alpha value is -3.32. The summed E-state index contributed by atoms with van der Waals surface area (Å²) in [5, 5.41) is 7.64. The van der Waals surface area contributed by atoms with Gasteiger partial charge in [0, 0.05) is 18.6 Å². The number of primary sulfonamides is 1. The van der Waals surface area contributed by atoms with Gasteiger partial charge >= 0.3 is 6.18 Å². The van der Waals surface area contributed by atoms with Crippen LogP contribution in [0.2, 0.25) is 0 Å². The van der Waals surface area contributed by atoms with Crippen LogP contribution in [-0.4, -0.2) is 29.5 Å². The van der Waals surface area contributed by atoms with Crippen LogP contribution in [0.25, 0.3) is 0 Å². The third-order valence-electron chi connectivity index (χ3n) is 5.43. The molecular formula is C21H19F4N5O3S. The van der Waals surface area contributed by atoms with Gasteiger partial charge in [-0.1, -0.05) is 0 Å². The number of hydrogen-bond acceptors (Lipinski definition) is 7. The number of benzene rings is 1. The Morgan fingerprint density at radius 3 is 2.47 bits per heavy atom. The van der Waals surface area contributed by atoms with Crippen molar-refractivity contribution in [3.8, 4) is 5.75 Å². The van der Waals surface area contributed by atoms with Gasteiger partial charge < -0.3 is 10.1 Å². The lowest BCUT2D eigenvalue weighted by molar-refractivity contribution is -0.139. The molecule has 4 rings (SSSR count). The van der Waals surface area contributed by atoms with Crippen molar-refractivity contribution in [3.05, 3.63) is 66.0 Å². The number of pyridine rings is 1. The molecule has 2 heterocycles. The van der Waals surface area contributed by atoms with Crippen LogP contribution in [0.4, 0.5) is 29.2 Å². The van der Waals surface area contributed by atoms with Gasteiger partial charge in [-0.15, -0.1) is 0 Å². The van der Waals surface area contributed by atoms with Gasteiger partial charge in [0.2, 0.25) is 16.0 Å². The fourth-order valence-electron chi connectivity index (χ4n) is 3.75. The normalized spacial score (nSPS) is 18.6. The molecule has 0 bridgehead atoms. The van der Waals surface area contributed by atoms with Crippen molar-refractivity contribution in [1.82, 2.24) is 15.0 Å². The number of ether oxygens (including phenoxy) is 1. The van der Waals surface area contributed by atoms with E-state index in [9.17, 15) is 26.0 Å². The zero-order chi connectivity index (χ0) is 24.5. The highest BCUT2D eigenvalue weighted by Gasteiger charge is 2.36. The van der Waals surface area contributed by atoms with E-state index in [4.69, 9.17) is 9.88 Å². The molecule has 0 radical (unpaired) electrons. The van der Waals surface area contributed by atoms with Gasteiger partial charge in [-0.2, -0.15) is 13.2 Å². The standard InChI is InChI=1S/C21H19F4N5O3S/c22-17-8-15(34(26,31)32)3-4-18(17)30-20-28-9-13(10-29-20)12-1-2-14(7-12)33-19-11-27-6-5-16(19)21(23,24)25/h3-6,8-12,14H,1-2,7H2,(H2,26,31,32)(H,28,29,30)/t12-,14+/m0/s1. The molecule has 2 aromatic heterocycles. The Kier molecular flexibility index (Phi) is 6.41. The van der Waals surface area contributed by atoms with Crippen LogP contribution in [0.5, 0.6) is 5.75 Å². The van der Waals surface area contributed by atoms with Crippen LogP contribution in [0, 0.1) is 5.82 Å². The number of nitrogens with zero attached hydrogens (tertiary/aromatic N) is 3. The number of halogens is 4. The van der Waals surface area contributed by atoms with Crippen LogP contribution in [-0.2, 0) is 16.2 Å². The number of alkyl halides is 3. The number of hydrogen-bond donors (Lipinski definition) is 2. The molecule has 0 aliphatic heterocycles. The highest BCUT2D eigenvalue weighted by Crippen LogP contribution is 2.40. The molecule has 1 saturated carbocycles. The summed E-state index contributed by atoms with van der Waals surface area (Å²) in [7, 11) is -4.03. The number of sulfonamides is 1. The molecule has 1 aromatic carbocycles. The Labute approximate surface area is 192 Å². The lowest BCUT2D eigenvalue weighted by Gasteiger charge is -2.18. The number of rotatable bonds is 6. The zero-order valence-corrected chi connectivity index (χ0v) is 18.3. The van der Waals surface area contributed by atoms with Crippen molar-refractivity contribution in [2.45, 2.75) is 42.4 Å². The van der Waals surface area contributed by atoms with Crippen LogP contribution in [0.3, 0.4) is 0 Å². The fraction of sp³-hybridized carbons (Fsp3) is 0.286. The summed E-state index contributed by atoms with van der Waals surface area (Å²) in [5.41, 5.74) is -0.135. The summed E-state index contributed by atoms with van der Waals surface area (Å²) in [4.78, 5) is 11.7. The lowest BCUT2D eigenvalue weighted by Crippen LogP contribution is -2.16. The predicted molar refractivity (Wildman–Crippen MR) is 113 cm³/mol. The van der Waals surface area contributed by atoms with Gasteiger partial charge in [0.25, 0.3) is 0 Å². The molecule has 0 saturated heterocycles. The first-order chi connectivity index (χ1) is 16.0. The molecule has 1 aliphatic carbocycles. The van der Waals surface area contributed by atoms with Crippen LogP contribution >= 0.6 is 0 Å². The average molecular weight is 497 g/mol. The number of anilines is 2. The molecule has 3 N–H and O–H groups in total. The van der Waals surface area contributed by atoms with E-state index < -0.39 is 33.7 Å². The van der Waals surface area contributed by atoms with Gasteiger partial charge in [-0.05, 0) is 55.0 Å². The van der Waals surface area contributed by atoms with Crippen molar-refractivity contribution >= 4 is 21.7 Å². The summed E-state index contributed by atoms with van der Waals surface area (Å²) < 4.78 is 81.9. The second kappa shape index (κ2) is 9.14. The molecule has 0 unspecified atom stereocenters. The van der Waals surface area contributed by atoms with Gasteiger partial charge in [0.15, 0.2) is 0 Å². The maximum absolute atomic E-state index is 14.2. The minimum absolute atomic E-state index is 0.0177. The maximum Gasteiger partial charge on any atom is 0.420 e. The lowest BCUT2D eigenvalue weighted by atomic mass is 10.0. The smallest absolute Gasteiger partial charge is 0.420 e. The van der Waals surface area contributed by atoms with Crippen molar-refractivity contribution in [3.63, 3.8) is 0 Å². The Bertz CT molecular complexity index is 1290. The van der Waals surface area contributed by atoms with E-state index in [2.05, 4.69) is 20.3 Å². The molecule has 8 nitrogen and oxygen atoms in total. The first-order valence-electron chi connectivity index (χ1n) is 10.1. The predicted octanol–water partition coefficient (Wildman–Crippen LogP) is 4.14. The van der Waals surface area contributed by atoms with Crippen LogP contribution < -0.4 is 15.2 Å². The summed E-state index contributed by atoms with van der Waals surface area (Å²) in [6.45, 7) is 0. The van der Waals surface area contributed by atoms with E-state index in [-0.39, 0.29) is 28.2 Å². The van der Waals surface area contributed by atoms with Gasteiger partial charge in [0.05, 0.1) is 22.9 Å². The van der Waals surface area contributed by atoms with E-state index in [0.717, 1.165) is 36.2 Å². The molecule has 0 amide bonds. The molecule has 1 aliphatic rings. The molecule has 0 spiro atoms. The van der Waals surface area contributed by atoms with Crippen molar-refractivity contribution in [2.24, 2.45) is 5.14 Å². The highest BCUT2D eigenvalue weighted by atomic mass is 32.2. The van der Waals surface area contributed by atoms with Crippen LogP contribution in [0.15, 0.2) is 53.9 Å². The molecule has 3 aromatic rings. The van der Waals surface area contributed by atoms with E-state index in [1.165, 1.54) is 6.07 Å². The van der Waals surface area contributed by atoms with Gasteiger partial charge in [0.1, 0.15) is 17.1 Å². The summed E-state index contributed by atoms with van der Waals surface area (Å²) in [6.07, 6.45) is 1.98. The number of nitrogens with one attached hydrogen (secondary N) is 1. The monoisotopic (exact) mass is 497 g/mol. The van der Waals surface area contributed by atoms with E-state index in [0.29, 0.717) is 19.3 Å². The van der Waals surface area contributed by atoms with Crippen LogP contribution in [0.1, 0.15) is 36.3 Å². The number of aromatic nitrogens is 3. The van der Waals surface area contributed by atoms with E-state index in [1.807, 2.05) is 0 Å². The molecular weight excluding hydrogens is 478 g/mol. The zero-order valence-electron chi connectivity index (χ0n) is 17.5. The topological polar surface area (TPSA) is 120 Å². The molecule has 1 fully saturated rings. The fourth-order valence-corrected chi connectivity index (χ4v) is 4.27. The molecule has 180 valence electrons. The quantitative estimate of drug-likeness (QED) is 0.491. The third-order valence-corrected chi connectivity index (χ3v) is 6.34. The Balaban J connectivity index is 1.40. The summed E-state index contributed by atoms with van der Waals surface area (Å²) in [6, 6.07) is 4.03. The van der Waals surface area contributed by atoms with E-state index >= 15 is 0 Å². The van der Waals surface area contributed by atoms with E-state index in [1.54, 1.807) is 12.4 Å². The first kappa shape index (κ1) is 23.8. The second-order valence-electron chi connectivity index (χ2n) is 7.77. The molecule has 2 atom stereocenters. The number of nitrogens with two attached hydrogens (primary N) is 1. The molecule has 34 heavy (non-hydrogen) atoms. The van der Waals surface area contributed by atoms with Gasteiger partial charge in [-0.3, -0.25) is 4.98 Å². The molecule has 13 heteroatoms. The Morgan fingerprint density at radius 2 is 1.82 bits per heavy atom. The SMILES string of the molecule is NS(=O)(=O)c1ccc(Nc2ncc([C@H]3CC[C@@H](Oc4cnccc4C(F)(F)F)C3)cn2)c(F)c1. The largest absolute Gasteiger partial charge is 0.488 e. The average Bonchev–Trinajstić information content (AvgIpc) is 3.23. The van der Waals surface area contributed by atoms with Crippen molar-refractivity contribution < 1.29 is 30.7 Å². The first-order valence-corrected chi connectivity index (χ1v) is 11.6. The second-order valence-corrected chi connectivity index (χ2v) is 9.33. The summed E-state index contributed by atoms with van der Waals surface area (Å²) in [5.74, 6) is -1.08. The third kappa shape index (κ3) is 5.42. The minimum atomic E-state index is -4.54. The Morgan fingerprint density at radius 1 is 1.09 bits per heavy atom.